The third kappa shape index (κ3) is 2.23. The van der Waals surface area contributed by atoms with E-state index in [9.17, 15) is 4.79 Å². The number of hydrogen-bond acceptors (Lipinski definition) is 6. The minimum absolute atomic E-state index is 0.152. The SMILES string of the molecule is CC1(C)C[C@]2(C(N)=O)CN(Cc3nc(-c4cccnc4)no3)C[C@H]12. The van der Waals surface area contributed by atoms with Gasteiger partial charge >= 0.3 is 0 Å². The van der Waals surface area contributed by atoms with E-state index in [1.54, 1.807) is 12.4 Å². The molecule has 2 aromatic rings. The largest absolute Gasteiger partial charge is 0.369 e. The molecule has 4 rings (SSSR count). The van der Waals surface area contributed by atoms with Crippen LogP contribution in [0.25, 0.3) is 11.4 Å². The Balaban J connectivity index is 1.50. The predicted octanol–water partition coefficient (Wildman–Crippen LogP) is 1.47. The monoisotopic (exact) mass is 327 g/mol. The van der Waals surface area contributed by atoms with E-state index >= 15 is 0 Å². The van der Waals surface area contributed by atoms with Crippen molar-refractivity contribution >= 4 is 5.91 Å². The Hall–Kier alpha value is -2.28. The first kappa shape index (κ1) is 15.3. The summed E-state index contributed by atoms with van der Waals surface area (Å²) in [4.78, 5) is 22.7. The lowest BCUT2D eigenvalue weighted by Gasteiger charge is -2.54. The van der Waals surface area contributed by atoms with E-state index in [0.29, 0.717) is 30.7 Å². The fourth-order valence-corrected chi connectivity index (χ4v) is 4.57. The van der Waals surface area contributed by atoms with E-state index in [1.165, 1.54) is 0 Å². The molecule has 1 saturated heterocycles. The van der Waals surface area contributed by atoms with Gasteiger partial charge in [-0.05, 0) is 29.9 Å². The van der Waals surface area contributed by atoms with Crippen LogP contribution < -0.4 is 5.73 Å². The molecule has 0 aromatic carbocycles. The lowest BCUT2D eigenvalue weighted by molar-refractivity contribution is -0.148. The van der Waals surface area contributed by atoms with Crippen LogP contribution in [0.15, 0.2) is 29.0 Å². The normalized spacial score (nSPS) is 28.3. The summed E-state index contributed by atoms with van der Waals surface area (Å²) in [6.45, 7) is 6.45. The minimum atomic E-state index is -0.393. The lowest BCUT2D eigenvalue weighted by atomic mass is 9.48. The molecule has 1 aliphatic carbocycles. The summed E-state index contributed by atoms with van der Waals surface area (Å²) in [6.07, 6.45) is 4.26. The first-order chi connectivity index (χ1) is 11.4. The molecule has 0 spiro atoms. The molecule has 126 valence electrons. The molecule has 7 heteroatoms. The fraction of sp³-hybridized carbons (Fsp3) is 0.529. The molecule has 0 unspecified atom stereocenters. The number of pyridine rings is 1. The summed E-state index contributed by atoms with van der Waals surface area (Å²) in [5, 5.41) is 4.02. The number of aromatic nitrogens is 3. The van der Waals surface area contributed by atoms with Gasteiger partial charge in [0.2, 0.25) is 17.6 Å². The van der Waals surface area contributed by atoms with E-state index in [1.807, 2.05) is 12.1 Å². The number of fused-ring (bicyclic) bond motifs is 1. The Morgan fingerprint density at radius 1 is 1.50 bits per heavy atom. The standard InChI is InChI=1S/C17H21N5O2/c1-16(2)9-17(15(18)23)10-22(7-12(16)17)8-13-20-14(21-24-13)11-4-3-5-19-6-11/h3-6,12H,7-10H2,1-2H3,(H2,18,23)/t12-,17+/m1/s1. The van der Waals surface area contributed by atoms with E-state index in [0.717, 1.165) is 18.5 Å². The Morgan fingerprint density at radius 3 is 2.96 bits per heavy atom. The van der Waals surface area contributed by atoms with Gasteiger partial charge in [0.1, 0.15) is 0 Å². The zero-order valence-electron chi connectivity index (χ0n) is 13.9. The van der Waals surface area contributed by atoms with Crippen molar-refractivity contribution in [2.75, 3.05) is 13.1 Å². The maximum absolute atomic E-state index is 12.0. The molecule has 2 atom stereocenters. The van der Waals surface area contributed by atoms with Crippen molar-refractivity contribution in [3.8, 4) is 11.4 Å². The number of carbonyl (C=O) groups excluding carboxylic acids is 1. The van der Waals surface area contributed by atoms with Gasteiger partial charge in [0.15, 0.2) is 0 Å². The average molecular weight is 327 g/mol. The highest BCUT2D eigenvalue weighted by Crippen LogP contribution is 2.62. The highest BCUT2D eigenvalue weighted by atomic mass is 16.5. The van der Waals surface area contributed by atoms with Gasteiger partial charge in [-0.1, -0.05) is 19.0 Å². The molecular weight excluding hydrogens is 306 g/mol. The van der Waals surface area contributed by atoms with Crippen LogP contribution in [-0.4, -0.2) is 39.0 Å². The molecule has 7 nitrogen and oxygen atoms in total. The van der Waals surface area contributed by atoms with Crippen LogP contribution in [0, 0.1) is 16.7 Å². The minimum Gasteiger partial charge on any atom is -0.369 e. The Labute approximate surface area is 140 Å². The van der Waals surface area contributed by atoms with Crippen molar-refractivity contribution < 1.29 is 9.32 Å². The Morgan fingerprint density at radius 2 is 2.33 bits per heavy atom. The molecule has 1 saturated carbocycles. The summed E-state index contributed by atoms with van der Waals surface area (Å²) in [5.74, 6) is 1.19. The van der Waals surface area contributed by atoms with Crippen LogP contribution in [0.1, 0.15) is 26.2 Å². The maximum atomic E-state index is 12.0. The van der Waals surface area contributed by atoms with Gasteiger partial charge in [0, 0.05) is 31.0 Å². The van der Waals surface area contributed by atoms with E-state index in [-0.39, 0.29) is 11.3 Å². The van der Waals surface area contributed by atoms with Crippen molar-refractivity contribution in [1.29, 1.82) is 0 Å². The first-order valence-electron chi connectivity index (χ1n) is 8.16. The molecule has 24 heavy (non-hydrogen) atoms. The molecule has 2 aliphatic rings. The summed E-state index contributed by atoms with van der Waals surface area (Å²) in [6, 6.07) is 3.73. The number of amides is 1. The predicted molar refractivity (Wildman–Crippen MR) is 86.3 cm³/mol. The second-order valence-electron chi connectivity index (χ2n) is 7.66. The highest BCUT2D eigenvalue weighted by Gasteiger charge is 2.65. The highest BCUT2D eigenvalue weighted by molar-refractivity contribution is 5.83. The van der Waals surface area contributed by atoms with Gasteiger partial charge in [-0.2, -0.15) is 4.98 Å². The van der Waals surface area contributed by atoms with Crippen molar-refractivity contribution in [1.82, 2.24) is 20.0 Å². The summed E-state index contributed by atoms with van der Waals surface area (Å²) in [5.41, 5.74) is 6.29. The van der Waals surface area contributed by atoms with Crippen LogP contribution in [0.5, 0.6) is 0 Å². The van der Waals surface area contributed by atoms with Crippen LogP contribution in [0.4, 0.5) is 0 Å². The topological polar surface area (TPSA) is 98.1 Å². The van der Waals surface area contributed by atoms with Crippen LogP contribution >= 0.6 is 0 Å². The van der Waals surface area contributed by atoms with Gasteiger partial charge in [-0.15, -0.1) is 0 Å². The van der Waals surface area contributed by atoms with Crippen LogP contribution in [-0.2, 0) is 11.3 Å². The number of likely N-dealkylation sites (tertiary alicyclic amines) is 1. The van der Waals surface area contributed by atoms with Crippen LogP contribution in [0.3, 0.4) is 0 Å². The van der Waals surface area contributed by atoms with E-state index in [4.69, 9.17) is 10.3 Å². The number of nitrogens with zero attached hydrogens (tertiary/aromatic N) is 4. The number of carbonyl (C=O) groups is 1. The van der Waals surface area contributed by atoms with E-state index in [2.05, 4.69) is 33.9 Å². The molecule has 0 radical (unpaired) electrons. The molecular formula is C17H21N5O2. The Kier molecular flexibility index (Phi) is 3.25. The number of rotatable bonds is 4. The zero-order chi connectivity index (χ0) is 16.9. The average Bonchev–Trinajstić information content (AvgIpc) is 3.12. The molecule has 3 heterocycles. The smallest absolute Gasteiger partial charge is 0.241 e. The third-order valence-corrected chi connectivity index (χ3v) is 5.57. The summed E-state index contributed by atoms with van der Waals surface area (Å²) < 4.78 is 5.37. The second-order valence-corrected chi connectivity index (χ2v) is 7.66. The summed E-state index contributed by atoms with van der Waals surface area (Å²) in [7, 11) is 0. The van der Waals surface area contributed by atoms with Crippen molar-refractivity contribution in [3.05, 3.63) is 30.4 Å². The van der Waals surface area contributed by atoms with Gasteiger partial charge in [-0.25, -0.2) is 0 Å². The molecule has 2 aromatic heterocycles. The maximum Gasteiger partial charge on any atom is 0.241 e. The summed E-state index contributed by atoms with van der Waals surface area (Å²) >= 11 is 0. The molecule has 2 fully saturated rings. The van der Waals surface area contributed by atoms with Crippen molar-refractivity contribution in [3.63, 3.8) is 0 Å². The van der Waals surface area contributed by atoms with Gasteiger partial charge in [0.25, 0.3) is 0 Å². The van der Waals surface area contributed by atoms with Gasteiger partial charge in [-0.3, -0.25) is 14.7 Å². The third-order valence-electron chi connectivity index (χ3n) is 5.57. The number of hydrogen-bond donors (Lipinski definition) is 1. The number of nitrogens with two attached hydrogens (primary N) is 1. The fourth-order valence-electron chi connectivity index (χ4n) is 4.57. The van der Waals surface area contributed by atoms with Gasteiger partial charge in [0.05, 0.1) is 12.0 Å². The van der Waals surface area contributed by atoms with Crippen molar-refractivity contribution in [2.24, 2.45) is 22.5 Å². The van der Waals surface area contributed by atoms with Gasteiger partial charge < -0.3 is 10.3 Å². The molecule has 1 aliphatic heterocycles. The zero-order valence-corrected chi connectivity index (χ0v) is 13.9. The lowest BCUT2D eigenvalue weighted by Crippen LogP contribution is -2.59. The van der Waals surface area contributed by atoms with Crippen LogP contribution in [0.2, 0.25) is 0 Å². The van der Waals surface area contributed by atoms with Crippen molar-refractivity contribution in [2.45, 2.75) is 26.8 Å². The molecule has 1 amide bonds. The second kappa shape index (κ2) is 5.11. The Bertz CT molecular complexity index is 772. The number of primary amides is 1. The first-order valence-corrected chi connectivity index (χ1v) is 8.16. The molecule has 2 N–H and O–H groups in total. The molecule has 0 bridgehead atoms. The van der Waals surface area contributed by atoms with E-state index < -0.39 is 5.41 Å². The quantitative estimate of drug-likeness (QED) is 0.913.